The Bertz CT molecular complexity index is 102. The highest BCUT2D eigenvalue weighted by molar-refractivity contribution is 4.69. The van der Waals surface area contributed by atoms with Crippen molar-refractivity contribution in [3.05, 3.63) is 0 Å². The van der Waals surface area contributed by atoms with Gasteiger partial charge in [0.05, 0.1) is 6.10 Å². The van der Waals surface area contributed by atoms with Crippen LogP contribution in [0.2, 0.25) is 0 Å². The largest absolute Gasteiger partial charge is 0.380 e. The molecule has 0 aliphatic carbocycles. The molecule has 0 spiro atoms. The first-order valence-corrected chi connectivity index (χ1v) is 4.21. The normalized spacial score (nSPS) is 23.5. The van der Waals surface area contributed by atoms with Crippen LogP contribution in [0.25, 0.3) is 0 Å². The fourth-order valence-electron chi connectivity index (χ4n) is 1.27. The Morgan fingerprint density at radius 3 is 2.64 bits per heavy atom. The van der Waals surface area contributed by atoms with Crippen LogP contribution in [-0.4, -0.2) is 50.8 Å². The molecule has 1 fully saturated rings. The first kappa shape index (κ1) is 8.97. The molecule has 0 N–H and O–H groups in total. The van der Waals surface area contributed by atoms with E-state index in [1.807, 2.05) is 0 Å². The van der Waals surface area contributed by atoms with Crippen molar-refractivity contribution in [1.29, 1.82) is 0 Å². The summed E-state index contributed by atoms with van der Waals surface area (Å²) in [4.78, 5) is 2.40. The monoisotopic (exact) mass is 157 g/mol. The summed E-state index contributed by atoms with van der Waals surface area (Å²) in [5.41, 5.74) is 0. The number of hydrogen-bond acceptors (Lipinski definition) is 2. The van der Waals surface area contributed by atoms with Crippen LogP contribution in [0, 0.1) is 0 Å². The van der Waals surface area contributed by atoms with E-state index in [1.165, 1.54) is 0 Å². The third-order valence-corrected chi connectivity index (χ3v) is 2.07. The second kappa shape index (κ2) is 4.70. The molecule has 1 atom stereocenters. The highest BCUT2D eigenvalue weighted by Crippen LogP contribution is 1.97. The first-order chi connectivity index (χ1) is 5.33. The fraction of sp³-hybridized carbons (Fsp3) is 1.00. The predicted octanol–water partition coefficient (Wildman–Crippen LogP) is -0.0587. The molecular weight excluding hydrogens is 140 g/mol. The van der Waals surface area contributed by atoms with Crippen LogP contribution >= 0.6 is 0 Å². The minimum Gasteiger partial charge on any atom is -0.380 e. The summed E-state index contributed by atoms with van der Waals surface area (Å²) in [6, 6.07) is 0. The lowest BCUT2D eigenvalue weighted by Crippen LogP contribution is -2.43. The van der Waals surface area contributed by atoms with E-state index < -0.39 is 0 Å². The minimum atomic E-state index is 0.355. The number of nitrogens with zero attached hydrogens (tertiary/aromatic N) is 2. The number of ether oxygens (including phenoxy) is 1. The third-order valence-electron chi connectivity index (χ3n) is 2.07. The number of hydrogen-bond donors (Lipinski definition) is 0. The minimum absolute atomic E-state index is 0.355. The summed E-state index contributed by atoms with van der Waals surface area (Å²) in [6.45, 7) is 7.35. The molecule has 1 aliphatic rings. The second-order valence-electron chi connectivity index (χ2n) is 3.02. The molecule has 0 aromatic rings. The quantitative estimate of drug-likeness (QED) is 0.574. The van der Waals surface area contributed by atoms with Crippen molar-refractivity contribution < 1.29 is 4.74 Å². The smallest absolute Gasteiger partial charge is 0.0670 e. The average molecular weight is 157 g/mol. The van der Waals surface area contributed by atoms with Crippen molar-refractivity contribution in [2.75, 3.05) is 39.8 Å². The van der Waals surface area contributed by atoms with Gasteiger partial charge in [0.1, 0.15) is 0 Å². The van der Waals surface area contributed by atoms with Gasteiger partial charge in [-0.2, -0.15) is 0 Å². The van der Waals surface area contributed by atoms with Crippen molar-refractivity contribution >= 4 is 0 Å². The summed E-state index contributed by atoms with van der Waals surface area (Å²) in [5.74, 6) is 0. The van der Waals surface area contributed by atoms with Gasteiger partial charge >= 0.3 is 0 Å². The summed E-state index contributed by atoms with van der Waals surface area (Å²) in [7, 11) is 1.76. The maximum Gasteiger partial charge on any atom is 0.0670 e. The highest BCUT2D eigenvalue weighted by Gasteiger charge is 2.12. The molecule has 1 saturated heterocycles. The van der Waals surface area contributed by atoms with Crippen LogP contribution in [0.1, 0.15) is 6.92 Å². The van der Waals surface area contributed by atoms with Gasteiger partial charge in [-0.25, -0.2) is 5.32 Å². The van der Waals surface area contributed by atoms with Gasteiger partial charge < -0.3 is 4.74 Å². The molecule has 0 amide bonds. The number of methoxy groups -OCH3 is 1. The maximum absolute atomic E-state index is 5.18. The van der Waals surface area contributed by atoms with Crippen LogP contribution in [-0.2, 0) is 4.74 Å². The molecule has 1 heterocycles. The fourth-order valence-corrected chi connectivity index (χ4v) is 1.27. The van der Waals surface area contributed by atoms with Gasteiger partial charge in [-0.05, 0) is 6.92 Å². The Balaban J connectivity index is 2.13. The van der Waals surface area contributed by atoms with Crippen molar-refractivity contribution in [1.82, 2.24) is 10.2 Å². The molecule has 0 aromatic heterocycles. The summed E-state index contributed by atoms with van der Waals surface area (Å²) < 4.78 is 5.18. The van der Waals surface area contributed by atoms with E-state index >= 15 is 0 Å². The molecule has 1 radical (unpaired) electrons. The van der Waals surface area contributed by atoms with Crippen LogP contribution < -0.4 is 5.32 Å². The highest BCUT2D eigenvalue weighted by atomic mass is 16.5. The molecule has 1 unspecified atom stereocenters. The zero-order valence-corrected chi connectivity index (χ0v) is 7.42. The van der Waals surface area contributed by atoms with Crippen LogP contribution in [0.3, 0.4) is 0 Å². The number of piperazine rings is 1. The molecular formula is C8H17N2O. The van der Waals surface area contributed by atoms with Gasteiger partial charge in [0.15, 0.2) is 0 Å². The Morgan fingerprint density at radius 2 is 2.09 bits per heavy atom. The van der Waals surface area contributed by atoms with E-state index in [-0.39, 0.29) is 0 Å². The van der Waals surface area contributed by atoms with E-state index in [2.05, 4.69) is 17.1 Å². The molecule has 0 aromatic carbocycles. The number of rotatable bonds is 3. The molecule has 3 heteroatoms. The Labute approximate surface area is 68.7 Å². The van der Waals surface area contributed by atoms with Gasteiger partial charge in [-0.15, -0.1) is 0 Å². The molecule has 1 aliphatic heterocycles. The SMILES string of the molecule is COC(C)CN1CC[N]CC1. The van der Waals surface area contributed by atoms with Crippen molar-refractivity contribution in [3.8, 4) is 0 Å². The topological polar surface area (TPSA) is 26.6 Å². The average Bonchev–Trinajstić information content (AvgIpc) is 2.06. The Morgan fingerprint density at radius 1 is 1.45 bits per heavy atom. The molecule has 65 valence electrons. The van der Waals surface area contributed by atoms with Crippen molar-refractivity contribution in [2.24, 2.45) is 0 Å². The Hall–Kier alpha value is -0.120. The van der Waals surface area contributed by atoms with Gasteiger partial charge in [-0.1, -0.05) is 0 Å². The standard InChI is InChI=1S/C8H17N2O/c1-8(11-2)7-10-5-3-9-4-6-10/h8H,3-7H2,1-2H3. The zero-order chi connectivity index (χ0) is 8.10. The van der Waals surface area contributed by atoms with E-state index in [0.717, 1.165) is 32.7 Å². The predicted molar refractivity (Wildman–Crippen MR) is 44.8 cm³/mol. The van der Waals surface area contributed by atoms with Gasteiger partial charge in [0.25, 0.3) is 0 Å². The van der Waals surface area contributed by atoms with E-state index in [9.17, 15) is 0 Å². The lowest BCUT2D eigenvalue weighted by atomic mass is 10.3. The first-order valence-electron chi connectivity index (χ1n) is 4.21. The molecule has 11 heavy (non-hydrogen) atoms. The van der Waals surface area contributed by atoms with Crippen LogP contribution in [0.4, 0.5) is 0 Å². The molecule has 3 nitrogen and oxygen atoms in total. The van der Waals surface area contributed by atoms with Crippen LogP contribution in [0.15, 0.2) is 0 Å². The van der Waals surface area contributed by atoms with E-state index in [1.54, 1.807) is 7.11 Å². The Kier molecular flexibility index (Phi) is 3.83. The lowest BCUT2D eigenvalue weighted by molar-refractivity contribution is 0.0722. The van der Waals surface area contributed by atoms with Gasteiger partial charge in [0, 0.05) is 39.8 Å². The van der Waals surface area contributed by atoms with Gasteiger partial charge in [-0.3, -0.25) is 4.90 Å². The second-order valence-corrected chi connectivity index (χ2v) is 3.02. The summed E-state index contributed by atoms with van der Waals surface area (Å²) >= 11 is 0. The van der Waals surface area contributed by atoms with Crippen molar-refractivity contribution in [2.45, 2.75) is 13.0 Å². The molecule has 1 rings (SSSR count). The maximum atomic E-state index is 5.18. The van der Waals surface area contributed by atoms with Crippen LogP contribution in [0.5, 0.6) is 0 Å². The van der Waals surface area contributed by atoms with E-state index in [4.69, 9.17) is 4.74 Å². The third kappa shape index (κ3) is 3.18. The van der Waals surface area contributed by atoms with Crippen molar-refractivity contribution in [3.63, 3.8) is 0 Å². The summed E-state index contributed by atoms with van der Waals surface area (Å²) in [6.07, 6.45) is 0.355. The molecule has 0 saturated carbocycles. The van der Waals surface area contributed by atoms with E-state index in [0.29, 0.717) is 6.10 Å². The van der Waals surface area contributed by atoms with Gasteiger partial charge in [0.2, 0.25) is 0 Å². The lowest BCUT2D eigenvalue weighted by Gasteiger charge is -2.28. The zero-order valence-electron chi connectivity index (χ0n) is 7.42. The summed E-state index contributed by atoms with van der Waals surface area (Å²) in [5, 5.41) is 4.28. The molecule has 0 bridgehead atoms.